The Morgan fingerprint density at radius 2 is 2.05 bits per heavy atom. The number of hydrogen-bond acceptors (Lipinski definition) is 3. The molecule has 0 aliphatic heterocycles. The summed E-state index contributed by atoms with van der Waals surface area (Å²) >= 11 is 1.80. The van der Waals surface area contributed by atoms with Crippen molar-refractivity contribution in [2.24, 2.45) is 0 Å². The lowest BCUT2D eigenvalue weighted by molar-refractivity contribution is 0.0697. The van der Waals surface area contributed by atoms with Gasteiger partial charge in [0.15, 0.2) is 0 Å². The molecule has 5 heteroatoms. The summed E-state index contributed by atoms with van der Waals surface area (Å²) in [5.74, 6) is -1.22. The average molecular weight is 279 g/mol. The predicted octanol–water partition coefficient (Wildman–Crippen LogP) is 2.40. The summed E-state index contributed by atoms with van der Waals surface area (Å²) in [6.07, 6.45) is 5.54. The molecule has 0 saturated heterocycles. The summed E-state index contributed by atoms with van der Waals surface area (Å²) in [4.78, 5) is 22.9. The van der Waals surface area contributed by atoms with Gasteiger partial charge in [0.25, 0.3) is 5.91 Å². The van der Waals surface area contributed by atoms with Crippen molar-refractivity contribution in [1.29, 1.82) is 0 Å². The summed E-state index contributed by atoms with van der Waals surface area (Å²) in [5.41, 5.74) is 0.534. The highest BCUT2D eigenvalue weighted by atomic mass is 32.2. The lowest BCUT2D eigenvalue weighted by atomic mass is 9.84. The van der Waals surface area contributed by atoms with Gasteiger partial charge in [-0.05, 0) is 37.3 Å². The third-order valence-electron chi connectivity index (χ3n) is 3.64. The van der Waals surface area contributed by atoms with E-state index < -0.39 is 5.97 Å². The van der Waals surface area contributed by atoms with E-state index in [1.54, 1.807) is 23.9 Å². The number of nitrogens with one attached hydrogen (secondary N) is 1. The number of amides is 1. The van der Waals surface area contributed by atoms with Crippen LogP contribution in [-0.4, -0.2) is 34.5 Å². The van der Waals surface area contributed by atoms with E-state index in [0.717, 1.165) is 12.8 Å². The lowest BCUT2D eigenvalue weighted by Gasteiger charge is -2.40. The molecule has 19 heavy (non-hydrogen) atoms. The van der Waals surface area contributed by atoms with E-state index in [-0.39, 0.29) is 16.2 Å². The molecule has 2 N–H and O–H groups in total. The van der Waals surface area contributed by atoms with Crippen molar-refractivity contribution in [3.63, 3.8) is 0 Å². The van der Waals surface area contributed by atoms with Gasteiger partial charge in [0.2, 0.25) is 0 Å². The Hall–Kier alpha value is -1.49. The number of hydrogen-bond donors (Lipinski definition) is 2. The molecule has 1 aromatic carbocycles. The second-order valence-corrected chi connectivity index (χ2v) is 6.08. The van der Waals surface area contributed by atoms with Gasteiger partial charge in [-0.15, -0.1) is 0 Å². The fraction of sp³-hybridized carbons (Fsp3) is 0.429. The molecule has 2 rings (SSSR count). The van der Waals surface area contributed by atoms with Crippen LogP contribution in [0.3, 0.4) is 0 Å². The molecule has 1 aliphatic rings. The van der Waals surface area contributed by atoms with Gasteiger partial charge in [0.05, 0.1) is 5.56 Å². The largest absolute Gasteiger partial charge is 0.478 e. The Morgan fingerprint density at radius 1 is 1.37 bits per heavy atom. The van der Waals surface area contributed by atoms with Crippen LogP contribution in [0.2, 0.25) is 0 Å². The van der Waals surface area contributed by atoms with E-state index in [4.69, 9.17) is 5.11 Å². The smallest absolute Gasteiger partial charge is 0.335 e. The van der Waals surface area contributed by atoms with Crippen LogP contribution in [0.25, 0.3) is 0 Å². The second-order valence-electron chi connectivity index (χ2n) is 4.81. The zero-order valence-corrected chi connectivity index (χ0v) is 11.6. The molecule has 1 fully saturated rings. The number of carboxylic acid groups (broad SMARTS) is 1. The highest BCUT2D eigenvalue weighted by molar-refractivity contribution is 8.00. The van der Waals surface area contributed by atoms with Crippen LogP contribution in [0.4, 0.5) is 0 Å². The predicted molar refractivity (Wildman–Crippen MR) is 75.8 cm³/mol. The number of benzene rings is 1. The highest BCUT2D eigenvalue weighted by Gasteiger charge is 2.36. The first-order valence-corrected chi connectivity index (χ1v) is 7.45. The Bertz CT molecular complexity index is 492. The first-order chi connectivity index (χ1) is 9.06. The molecule has 0 atom stereocenters. The summed E-state index contributed by atoms with van der Waals surface area (Å²) in [7, 11) is 0. The van der Waals surface area contributed by atoms with Crippen LogP contribution in [0.1, 0.15) is 40.0 Å². The van der Waals surface area contributed by atoms with Crippen molar-refractivity contribution in [1.82, 2.24) is 5.32 Å². The quantitative estimate of drug-likeness (QED) is 0.868. The number of thioether (sulfide) groups is 1. The van der Waals surface area contributed by atoms with Crippen LogP contribution in [0, 0.1) is 0 Å². The molecule has 0 bridgehead atoms. The van der Waals surface area contributed by atoms with Crippen molar-refractivity contribution in [3.8, 4) is 0 Å². The molecule has 4 nitrogen and oxygen atoms in total. The van der Waals surface area contributed by atoms with Gasteiger partial charge in [0.1, 0.15) is 0 Å². The zero-order chi connectivity index (χ0) is 13.9. The van der Waals surface area contributed by atoms with Crippen LogP contribution < -0.4 is 5.32 Å². The summed E-state index contributed by atoms with van der Waals surface area (Å²) in [6, 6.07) is 6.11. The highest BCUT2D eigenvalue weighted by Crippen LogP contribution is 2.42. The molecule has 1 aromatic rings. The van der Waals surface area contributed by atoms with E-state index in [9.17, 15) is 9.59 Å². The molecule has 1 saturated carbocycles. The molecular formula is C14H17NO3S. The number of carbonyl (C=O) groups is 2. The van der Waals surface area contributed by atoms with E-state index >= 15 is 0 Å². The van der Waals surface area contributed by atoms with Crippen molar-refractivity contribution in [3.05, 3.63) is 35.4 Å². The topological polar surface area (TPSA) is 66.4 Å². The summed E-state index contributed by atoms with van der Waals surface area (Å²) < 4.78 is 0.181. The minimum atomic E-state index is -1.02. The minimum absolute atomic E-state index is 0.135. The van der Waals surface area contributed by atoms with E-state index in [1.807, 2.05) is 0 Å². The van der Waals surface area contributed by atoms with Gasteiger partial charge in [-0.1, -0.05) is 12.5 Å². The maximum absolute atomic E-state index is 12.0. The maximum atomic E-state index is 12.0. The average Bonchev–Trinajstić information content (AvgIpc) is 2.38. The second kappa shape index (κ2) is 5.65. The molecule has 0 aromatic heterocycles. The van der Waals surface area contributed by atoms with Crippen LogP contribution in [-0.2, 0) is 0 Å². The number of carboxylic acids is 1. The summed E-state index contributed by atoms with van der Waals surface area (Å²) in [6.45, 7) is 0.643. The third-order valence-corrected chi connectivity index (χ3v) is 5.06. The Labute approximate surface area is 116 Å². The van der Waals surface area contributed by atoms with Crippen LogP contribution in [0.5, 0.6) is 0 Å². The number of aromatic carboxylic acids is 1. The van der Waals surface area contributed by atoms with Gasteiger partial charge >= 0.3 is 5.97 Å². The van der Waals surface area contributed by atoms with Crippen molar-refractivity contribution < 1.29 is 14.7 Å². The Morgan fingerprint density at radius 3 is 2.58 bits per heavy atom. The standard InChI is InChI=1S/C14H17NO3S/c1-19-14(6-3-7-14)9-15-12(16)10-4-2-5-11(8-10)13(17)18/h2,4-5,8H,3,6-7,9H2,1H3,(H,15,16)(H,17,18). The van der Waals surface area contributed by atoms with Crippen molar-refractivity contribution >= 4 is 23.6 Å². The fourth-order valence-corrected chi connectivity index (χ4v) is 3.07. The van der Waals surface area contributed by atoms with E-state index in [2.05, 4.69) is 11.6 Å². The van der Waals surface area contributed by atoms with E-state index in [1.165, 1.54) is 18.6 Å². The molecule has 0 spiro atoms. The van der Waals surface area contributed by atoms with E-state index in [0.29, 0.717) is 12.1 Å². The molecule has 1 amide bonds. The minimum Gasteiger partial charge on any atom is -0.478 e. The van der Waals surface area contributed by atoms with Crippen LogP contribution >= 0.6 is 11.8 Å². The van der Waals surface area contributed by atoms with Gasteiger partial charge in [-0.3, -0.25) is 4.79 Å². The SMILES string of the molecule is CSC1(CNC(=O)c2cccc(C(=O)O)c2)CCC1. The molecule has 0 radical (unpaired) electrons. The van der Waals surface area contributed by atoms with Gasteiger partial charge in [-0.25, -0.2) is 4.79 Å². The zero-order valence-electron chi connectivity index (χ0n) is 10.8. The Balaban J connectivity index is 2.00. The van der Waals surface area contributed by atoms with Gasteiger partial charge in [-0.2, -0.15) is 11.8 Å². The fourth-order valence-electron chi connectivity index (χ4n) is 2.16. The molecule has 102 valence electrons. The van der Waals surface area contributed by atoms with Crippen molar-refractivity contribution in [2.75, 3.05) is 12.8 Å². The lowest BCUT2D eigenvalue weighted by Crippen LogP contribution is -2.45. The molecule has 0 heterocycles. The maximum Gasteiger partial charge on any atom is 0.335 e. The molecule has 1 aliphatic carbocycles. The van der Waals surface area contributed by atoms with Gasteiger partial charge < -0.3 is 10.4 Å². The number of rotatable bonds is 5. The number of carbonyl (C=O) groups excluding carboxylic acids is 1. The van der Waals surface area contributed by atoms with Crippen molar-refractivity contribution in [2.45, 2.75) is 24.0 Å². The monoisotopic (exact) mass is 279 g/mol. The van der Waals surface area contributed by atoms with Crippen LogP contribution in [0.15, 0.2) is 24.3 Å². The normalized spacial score (nSPS) is 16.5. The summed E-state index contributed by atoms with van der Waals surface area (Å²) in [5, 5.41) is 11.8. The first kappa shape index (κ1) is 13.9. The molecule has 0 unspecified atom stereocenters. The third kappa shape index (κ3) is 3.10. The Kier molecular flexibility index (Phi) is 4.14. The molecular weight excluding hydrogens is 262 g/mol. The van der Waals surface area contributed by atoms with Gasteiger partial charge in [0, 0.05) is 16.9 Å². The first-order valence-electron chi connectivity index (χ1n) is 6.23.